The Balaban J connectivity index is 1.40. The maximum atomic E-state index is 13.2. The summed E-state index contributed by atoms with van der Waals surface area (Å²) < 4.78 is 21.0. The zero-order valence-electron chi connectivity index (χ0n) is 16.4. The Morgan fingerprint density at radius 1 is 1.24 bits per heavy atom. The molecular formula is C21H25FN4O2S. The monoisotopic (exact) mass is 416 g/mol. The van der Waals surface area contributed by atoms with E-state index in [0.717, 1.165) is 53.9 Å². The van der Waals surface area contributed by atoms with Crippen LogP contribution in [0.4, 0.5) is 4.39 Å². The van der Waals surface area contributed by atoms with Crippen molar-refractivity contribution in [3.05, 3.63) is 59.9 Å². The summed E-state index contributed by atoms with van der Waals surface area (Å²) in [6, 6.07) is 10.5. The molecule has 1 aliphatic heterocycles. The van der Waals surface area contributed by atoms with Gasteiger partial charge in [0.05, 0.1) is 13.2 Å². The average Bonchev–Trinajstić information content (AvgIpc) is 3.33. The minimum Gasteiger partial charge on any atom is -0.453 e. The van der Waals surface area contributed by atoms with E-state index < -0.39 is 0 Å². The summed E-state index contributed by atoms with van der Waals surface area (Å²) in [5.41, 5.74) is 0.849. The van der Waals surface area contributed by atoms with Crippen LogP contribution in [0.1, 0.15) is 24.2 Å². The van der Waals surface area contributed by atoms with Crippen LogP contribution in [0, 0.1) is 11.2 Å². The van der Waals surface area contributed by atoms with Crippen LogP contribution in [0.3, 0.4) is 0 Å². The van der Waals surface area contributed by atoms with Crippen molar-refractivity contribution in [2.45, 2.75) is 36.1 Å². The highest BCUT2D eigenvalue weighted by atomic mass is 32.2. The van der Waals surface area contributed by atoms with Crippen molar-refractivity contribution in [1.82, 2.24) is 19.7 Å². The molecule has 0 amide bonds. The molecule has 1 unspecified atom stereocenters. The summed E-state index contributed by atoms with van der Waals surface area (Å²) in [5, 5.41) is 19.7. The molecule has 154 valence electrons. The third-order valence-corrected chi connectivity index (χ3v) is 6.42. The van der Waals surface area contributed by atoms with Gasteiger partial charge in [-0.25, -0.2) is 4.39 Å². The number of piperidine rings is 1. The first kappa shape index (κ1) is 20.1. The maximum Gasteiger partial charge on any atom is 0.198 e. The Bertz CT molecular complexity index is 942. The summed E-state index contributed by atoms with van der Waals surface area (Å²) in [6.07, 6.45) is 4.38. The zero-order chi connectivity index (χ0) is 20.3. The van der Waals surface area contributed by atoms with Gasteiger partial charge in [0.2, 0.25) is 0 Å². The lowest BCUT2D eigenvalue weighted by Crippen LogP contribution is -2.46. The lowest BCUT2D eigenvalue weighted by atomic mass is 9.75. The number of aromatic nitrogens is 3. The van der Waals surface area contributed by atoms with E-state index in [9.17, 15) is 9.50 Å². The fourth-order valence-electron chi connectivity index (χ4n) is 3.98. The molecule has 1 saturated heterocycles. The molecule has 1 atom stereocenters. The van der Waals surface area contributed by atoms with E-state index >= 15 is 0 Å². The fourth-order valence-corrected chi connectivity index (χ4v) is 4.73. The van der Waals surface area contributed by atoms with Crippen LogP contribution in [-0.2, 0) is 20.0 Å². The van der Waals surface area contributed by atoms with E-state index in [-0.39, 0.29) is 17.8 Å². The Morgan fingerprint density at radius 2 is 2.07 bits per heavy atom. The van der Waals surface area contributed by atoms with Gasteiger partial charge in [-0.05, 0) is 67.4 Å². The lowest BCUT2D eigenvalue weighted by Gasteiger charge is -2.41. The van der Waals surface area contributed by atoms with Gasteiger partial charge in [-0.1, -0.05) is 12.1 Å². The molecule has 0 radical (unpaired) electrons. The molecule has 1 aliphatic rings. The Morgan fingerprint density at radius 3 is 2.79 bits per heavy atom. The number of aryl methyl sites for hydroxylation is 1. The Hall–Kier alpha value is -2.16. The summed E-state index contributed by atoms with van der Waals surface area (Å²) in [6.45, 7) is 2.57. The van der Waals surface area contributed by atoms with Gasteiger partial charge in [-0.3, -0.25) is 4.90 Å². The molecule has 1 fully saturated rings. The zero-order valence-corrected chi connectivity index (χ0v) is 17.2. The first-order valence-corrected chi connectivity index (χ1v) is 10.6. The van der Waals surface area contributed by atoms with Gasteiger partial charge >= 0.3 is 0 Å². The Kier molecular flexibility index (Phi) is 6.03. The van der Waals surface area contributed by atoms with E-state index in [0.29, 0.717) is 6.54 Å². The molecule has 0 saturated carbocycles. The van der Waals surface area contributed by atoms with Crippen molar-refractivity contribution in [2.24, 2.45) is 12.5 Å². The van der Waals surface area contributed by atoms with Gasteiger partial charge in [-0.15, -0.1) is 10.2 Å². The minimum absolute atomic E-state index is 0.117. The minimum atomic E-state index is -0.232. The second kappa shape index (κ2) is 8.69. The second-order valence-corrected chi connectivity index (χ2v) is 8.79. The number of hydrogen-bond acceptors (Lipinski definition) is 6. The number of nitrogens with zero attached hydrogens (tertiary/aromatic N) is 4. The fraction of sp³-hybridized carbons (Fsp3) is 0.429. The number of likely N-dealkylation sites (tertiary alicyclic amines) is 1. The SMILES string of the molecule is Cn1cnnc1Sc1ccc(CN2CCCC(CO)(Cc3ccc(F)cc3)C2)o1. The molecule has 3 heterocycles. The van der Waals surface area contributed by atoms with E-state index in [2.05, 4.69) is 15.1 Å². The molecule has 0 aliphatic carbocycles. The number of aliphatic hydroxyl groups excluding tert-OH is 1. The van der Waals surface area contributed by atoms with Crippen molar-refractivity contribution in [1.29, 1.82) is 0 Å². The van der Waals surface area contributed by atoms with Crippen LogP contribution in [0.5, 0.6) is 0 Å². The number of halogens is 1. The van der Waals surface area contributed by atoms with Crippen LogP contribution >= 0.6 is 11.8 Å². The summed E-state index contributed by atoms with van der Waals surface area (Å²) in [5.74, 6) is 0.662. The number of hydrogen-bond donors (Lipinski definition) is 1. The van der Waals surface area contributed by atoms with E-state index in [4.69, 9.17) is 4.42 Å². The standard InChI is InChI=1S/C21H25FN4O2S/c1-25-15-23-24-20(25)29-19-8-7-18(28-19)12-26-10-2-9-21(13-26,14-27)11-16-3-5-17(22)6-4-16/h3-8,15,27H,2,9-14H2,1H3. The summed E-state index contributed by atoms with van der Waals surface area (Å²) >= 11 is 1.44. The summed E-state index contributed by atoms with van der Waals surface area (Å²) in [7, 11) is 1.90. The molecule has 3 aromatic rings. The number of benzene rings is 1. The molecule has 29 heavy (non-hydrogen) atoms. The highest BCUT2D eigenvalue weighted by molar-refractivity contribution is 7.99. The van der Waals surface area contributed by atoms with E-state index in [1.54, 1.807) is 6.33 Å². The quantitative estimate of drug-likeness (QED) is 0.636. The summed E-state index contributed by atoms with van der Waals surface area (Å²) in [4.78, 5) is 2.33. The molecular weight excluding hydrogens is 391 g/mol. The van der Waals surface area contributed by atoms with Crippen molar-refractivity contribution in [3.63, 3.8) is 0 Å². The molecule has 1 aromatic carbocycles. The predicted octanol–water partition coefficient (Wildman–Crippen LogP) is 3.52. The Labute approximate surface area is 173 Å². The molecule has 4 rings (SSSR count). The number of furan rings is 1. The van der Waals surface area contributed by atoms with Crippen molar-refractivity contribution in [3.8, 4) is 0 Å². The van der Waals surface area contributed by atoms with Gasteiger partial charge in [0.25, 0.3) is 0 Å². The van der Waals surface area contributed by atoms with Gasteiger partial charge in [-0.2, -0.15) is 0 Å². The molecule has 1 N–H and O–H groups in total. The van der Waals surface area contributed by atoms with Crippen LogP contribution < -0.4 is 0 Å². The molecule has 0 spiro atoms. The highest BCUT2D eigenvalue weighted by Gasteiger charge is 2.35. The van der Waals surface area contributed by atoms with Crippen LogP contribution in [-0.4, -0.2) is 44.5 Å². The molecule has 8 heteroatoms. The van der Waals surface area contributed by atoms with Crippen molar-refractivity contribution < 1.29 is 13.9 Å². The first-order valence-electron chi connectivity index (χ1n) is 9.73. The van der Waals surface area contributed by atoms with Crippen molar-refractivity contribution >= 4 is 11.8 Å². The third kappa shape index (κ3) is 4.88. The van der Waals surface area contributed by atoms with E-state index in [1.807, 2.05) is 35.9 Å². The normalized spacial score (nSPS) is 20.2. The van der Waals surface area contributed by atoms with Crippen LogP contribution in [0.2, 0.25) is 0 Å². The topological polar surface area (TPSA) is 67.3 Å². The molecule has 0 bridgehead atoms. The molecule has 2 aromatic heterocycles. The van der Waals surface area contributed by atoms with Crippen LogP contribution in [0.25, 0.3) is 0 Å². The van der Waals surface area contributed by atoms with Gasteiger partial charge in [0.1, 0.15) is 17.9 Å². The van der Waals surface area contributed by atoms with Gasteiger partial charge in [0.15, 0.2) is 10.2 Å². The number of rotatable bonds is 7. The lowest BCUT2D eigenvalue weighted by molar-refractivity contribution is 0.0257. The van der Waals surface area contributed by atoms with E-state index in [1.165, 1.54) is 23.9 Å². The second-order valence-electron chi connectivity index (χ2n) is 7.82. The largest absolute Gasteiger partial charge is 0.453 e. The predicted molar refractivity (Wildman–Crippen MR) is 108 cm³/mol. The average molecular weight is 417 g/mol. The van der Waals surface area contributed by atoms with Gasteiger partial charge < -0.3 is 14.1 Å². The molecule has 6 nitrogen and oxygen atoms in total. The third-order valence-electron chi connectivity index (χ3n) is 5.45. The maximum absolute atomic E-state index is 13.2. The van der Waals surface area contributed by atoms with Crippen molar-refractivity contribution in [2.75, 3.05) is 19.7 Å². The smallest absolute Gasteiger partial charge is 0.198 e. The first-order chi connectivity index (χ1) is 14.0. The number of aliphatic hydroxyl groups is 1. The van der Waals surface area contributed by atoms with Gasteiger partial charge in [0, 0.05) is 19.0 Å². The van der Waals surface area contributed by atoms with Crippen LogP contribution in [0.15, 0.2) is 57.4 Å². The highest BCUT2D eigenvalue weighted by Crippen LogP contribution is 2.35.